The lowest BCUT2D eigenvalue weighted by Gasteiger charge is -2.13. The molecule has 0 unspecified atom stereocenters. The highest BCUT2D eigenvalue weighted by molar-refractivity contribution is 5.81. The Morgan fingerprint density at radius 1 is 1.07 bits per heavy atom. The van der Waals surface area contributed by atoms with Crippen molar-refractivity contribution in [1.29, 1.82) is 0 Å². The molecule has 0 aliphatic rings. The number of likely N-dealkylation sites (N-methyl/N-ethyl adjacent to an activating group) is 1. The Bertz CT molecular complexity index is 238. The molecule has 0 radical (unpaired) electrons. The van der Waals surface area contributed by atoms with Crippen molar-refractivity contribution in [2.75, 3.05) is 13.6 Å². The first-order valence-electron chi connectivity index (χ1n) is 4.11. The topological polar surface area (TPSA) is 94.9 Å². The van der Waals surface area contributed by atoms with Gasteiger partial charge in [-0.15, -0.1) is 0 Å². The van der Waals surface area contributed by atoms with Gasteiger partial charge in [-0.2, -0.15) is 0 Å². The first kappa shape index (κ1) is 12.4. The molecule has 0 bridgehead atoms. The van der Waals surface area contributed by atoms with E-state index < -0.39 is 11.9 Å². The van der Waals surface area contributed by atoms with Gasteiger partial charge in [0.05, 0.1) is 0 Å². The molecule has 2 N–H and O–H groups in total. The molecule has 0 fully saturated rings. The summed E-state index contributed by atoms with van der Waals surface area (Å²) >= 11 is 0. The fourth-order valence-corrected chi connectivity index (χ4v) is 0.873. The van der Waals surface area contributed by atoms with Gasteiger partial charge >= 0.3 is 11.9 Å². The number of hydrogen-bond donors (Lipinski definition) is 2. The van der Waals surface area contributed by atoms with Crippen molar-refractivity contribution in [1.82, 2.24) is 4.90 Å². The fraction of sp³-hybridized carbons (Fsp3) is 0.625. The van der Waals surface area contributed by atoms with E-state index in [1.54, 1.807) is 0 Å². The zero-order chi connectivity index (χ0) is 11.1. The molecule has 0 heterocycles. The largest absolute Gasteiger partial charge is 0.481 e. The second-order valence-electron chi connectivity index (χ2n) is 2.89. The molecule has 0 saturated heterocycles. The number of carboxylic acids is 2. The molecule has 0 atom stereocenters. The molecule has 0 aliphatic heterocycles. The average molecular weight is 203 g/mol. The normalized spacial score (nSPS) is 9.50. The summed E-state index contributed by atoms with van der Waals surface area (Å²) in [5, 5.41) is 16.6. The van der Waals surface area contributed by atoms with Gasteiger partial charge in [-0.3, -0.25) is 14.4 Å². The lowest BCUT2D eigenvalue weighted by Crippen LogP contribution is -2.31. The SMILES string of the molecule is CN(CC(=O)O)C(=O)CCCC(=O)O. The van der Waals surface area contributed by atoms with Crippen LogP contribution < -0.4 is 0 Å². The Kier molecular flexibility index (Phi) is 5.28. The number of amides is 1. The monoisotopic (exact) mass is 203 g/mol. The molecular formula is C8H13NO5. The highest BCUT2D eigenvalue weighted by Crippen LogP contribution is 1.99. The van der Waals surface area contributed by atoms with Gasteiger partial charge in [0.15, 0.2) is 0 Å². The van der Waals surface area contributed by atoms with Gasteiger partial charge in [-0.05, 0) is 6.42 Å². The van der Waals surface area contributed by atoms with Crippen molar-refractivity contribution < 1.29 is 24.6 Å². The summed E-state index contributed by atoms with van der Waals surface area (Å²) in [5.41, 5.74) is 0. The van der Waals surface area contributed by atoms with E-state index in [9.17, 15) is 14.4 Å². The maximum atomic E-state index is 11.1. The van der Waals surface area contributed by atoms with Gasteiger partial charge < -0.3 is 15.1 Å². The molecular weight excluding hydrogens is 190 g/mol. The second kappa shape index (κ2) is 5.95. The summed E-state index contributed by atoms with van der Waals surface area (Å²) in [7, 11) is 1.37. The summed E-state index contributed by atoms with van der Waals surface area (Å²) < 4.78 is 0. The van der Waals surface area contributed by atoms with Crippen LogP contribution in [0.15, 0.2) is 0 Å². The molecule has 0 aliphatic carbocycles. The van der Waals surface area contributed by atoms with Gasteiger partial charge in [0.2, 0.25) is 5.91 Å². The van der Waals surface area contributed by atoms with Crippen molar-refractivity contribution >= 4 is 17.8 Å². The number of hydrogen-bond acceptors (Lipinski definition) is 3. The highest BCUT2D eigenvalue weighted by Gasteiger charge is 2.11. The van der Waals surface area contributed by atoms with Crippen LogP contribution in [0.3, 0.4) is 0 Å². The van der Waals surface area contributed by atoms with Crippen LogP contribution in [-0.2, 0) is 14.4 Å². The Labute approximate surface area is 81.1 Å². The van der Waals surface area contributed by atoms with E-state index in [1.807, 2.05) is 0 Å². The van der Waals surface area contributed by atoms with Crippen molar-refractivity contribution in [2.24, 2.45) is 0 Å². The van der Waals surface area contributed by atoms with Crippen LogP contribution in [0.2, 0.25) is 0 Å². The number of carbonyl (C=O) groups is 3. The Morgan fingerprint density at radius 3 is 2.07 bits per heavy atom. The third-order valence-corrected chi connectivity index (χ3v) is 1.58. The van der Waals surface area contributed by atoms with E-state index >= 15 is 0 Å². The second-order valence-corrected chi connectivity index (χ2v) is 2.89. The number of aliphatic carboxylic acids is 2. The first-order valence-corrected chi connectivity index (χ1v) is 4.11. The number of rotatable bonds is 6. The smallest absolute Gasteiger partial charge is 0.323 e. The van der Waals surface area contributed by atoms with Crippen LogP contribution in [0, 0.1) is 0 Å². The maximum absolute atomic E-state index is 11.1. The van der Waals surface area contributed by atoms with Crippen molar-refractivity contribution in [2.45, 2.75) is 19.3 Å². The lowest BCUT2D eigenvalue weighted by molar-refractivity contribution is -0.143. The van der Waals surface area contributed by atoms with Crippen molar-refractivity contribution in [3.8, 4) is 0 Å². The maximum Gasteiger partial charge on any atom is 0.323 e. The third-order valence-electron chi connectivity index (χ3n) is 1.58. The molecule has 1 amide bonds. The van der Waals surface area contributed by atoms with Gasteiger partial charge in [0.1, 0.15) is 6.54 Å². The molecule has 14 heavy (non-hydrogen) atoms. The predicted octanol–water partition coefficient (Wildman–Crippen LogP) is -0.216. The van der Waals surface area contributed by atoms with Crippen molar-refractivity contribution in [3.63, 3.8) is 0 Å². The quantitative estimate of drug-likeness (QED) is 0.622. The lowest BCUT2D eigenvalue weighted by atomic mass is 10.2. The van der Waals surface area contributed by atoms with E-state index in [1.165, 1.54) is 7.05 Å². The van der Waals surface area contributed by atoms with Crippen LogP contribution >= 0.6 is 0 Å². The van der Waals surface area contributed by atoms with Crippen LogP contribution in [0.5, 0.6) is 0 Å². The van der Waals surface area contributed by atoms with E-state index in [4.69, 9.17) is 10.2 Å². The zero-order valence-electron chi connectivity index (χ0n) is 7.89. The number of carboxylic acid groups (broad SMARTS) is 2. The highest BCUT2D eigenvalue weighted by atomic mass is 16.4. The Hall–Kier alpha value is -1.59. The van der Waals surface area contributed by atoms with Crippen LogP contribution in [0.4, 0.5) is 0 Å². The number of carbonyl (C=O) groups excluding carboxylic acids is 1. The predicted molar refractivity (Wildman–Crippen MR) is 46.8 cm³/mol. The summed E-state index contributed by atoms with van der Waals surface area (Å²) in [6, 6.07) is 0. The Balaban J connectivity index is 3.73. The molecule has 6 heteroatoms. The Morgan fingerprint density at radius 2 is 1.64 bits per heavy atom. The van der Waals surface area contributed by atoms with E-state index in [-0.39, 0.29) is 31.7 Å². The molecule has 0 aromatic carbocycles. The average Bonchev–Trinajstić information content (AvgIpc) is 2.01. The summed E-state index contributed by atoms with van der Waals surface area (Å²) in [6.07, 6.45) is 0.223. The summed E-state index contributed by atoms with van der Waals surface area (Å²) in [5.74, 6) is -2.40. The van der Waals surface area contributed by atoms with Gasteiger partial charge in [-0.25, -0.2) is 0 Å². The van der Waals surface area contributed by atoms with E-state index in [0.717, 1.165) is 4.90 Å². The van der Waals surface area contributed by atoms with Crippen LogP contribution in [0.1, 0.15) is 19.3 Å². The molecule has 0 rings (SSSR count). The minimum Gasteiger partial charge on any atom is -0.481 e. The van der Waals surface area contributed by atoms with E-state index in [2.05, 4.69) is 0 Å². The van der Waals surface area contributed by atoms with Gasteiger partial charge in [-0.1, -0.05) is 0 Å². The minimum absolute atomic E-state index is 0.0656. The molecule has 0 aromatic rings. The number of nitrogens with zero attached hydrogens (tertiary/aromatic N) is 1. The van der Waals surface area contributed by atoms with Gasteiger partial charge in [0, 0.05) is 19.9 Å². The molecule has 0 spiro atoms. The molecule has 80 valence electrons. The molecule has 0 aromatic heterocycles. The first-order chi connectivity index (χ1) is 6.43. The van der Waals surface area contributed by atoms with Crippen LogP contribution in [0.25, 0.3) is 0 Å². The standard InChI is InChI=1S/C8H13NO5/c1-9(5-8(13)14)6(10)3-2-4-7(11)12/h2-5H2,1H3,(H,11,12)(H,13,14). The third kappa shape index (κ3) is 5.99. The zero-order valence-corrected chi connectivity index (χ0v) is 7.89. The fourth-order valence-electron chi connectivity index (χ4n) is 0.873. The van der Waals surface area contributed by atoms with E-state index in [0.29, 0.717) is 0 Å². The molecule has 6 nitrogen and oxygen atoms in total. The summed E-state index contributed by atoms with van der Waals surface area (Å²) in [6.45, 7) is -0.355. The summed E-state index contributed by atoms with van der Waals surface area (Å²) in [4.78, 5) is 32.5. The minimum atomic E-state index is -1.08. The van der Waals surface area contributed by atoms with Crippen LogP contribution in [-0.4, -0.2) is 46.6 Å². The van der Waals surface area contributed by atoms with Crippen molar-refractivity contribution in [3.05, 3.63) is 0 Å². The molecule has 0 saturated carbocycles. The van der Waals surface area contributed by atoms with Gasteiger partial charge in [0.25, 0.3) is 0 Å².